The van der Waals surface area contributed by atoms with Crippen molar-refractivity contribution in [2.45, 2.75) is 25.0 Å². The SMILES string of the molecule is Cn1c(-c2ccc(F)cc2)c(C2c3ccccc3C(=O)N2CC2CCCO2)c2ccccc21. The molecule has 2 aliphatic heterocycles. The molecule has 4 nitrogen and oxygen atoms in total. The zero-order valence-electron chi connectivity index (χ0n) is 18.5. The van der Waals surface area contributed by atoms with Crippen LogP contribution in [0, 0.1) is 5.82 Å². The van der Waals surface area contributed by atoms with Crippen molar-refractivity contribution in [3.63, 3.8) is 0 Å². The van der Waals surface area contributed by atoms with Crippen LogP contribution in [0.4, 0.5) is 4.39 Å². The highest BCUT2D eigenvalue weighted by Gasteiger charge is 2.41. The second-order valence-corrected chi connectivity index (χ2v) is 8.93. The summed E-state index contributed by atoms with van der Waals surface area (Å²) in [4.78, 5) is 15.6. The minimum absolute atomic E-state index is 0.0455. The number of rotatable bonds is 4. The zero-order chi connectivity index (χ0) is 22.5. The van der Waals surface area contributed by atoms with E-state index >= 15 is 0 Å². The second kappa shape index (κ2) is 7.85. The Morgan fingerprint density at radius 1 is 1.00 bits per heavy atom. The summed E-state index contributed by atoms with van der Waals surface area (Å²) in [7, 11) is 2.04. The topological polar surface area (TPSA) is 34.5 Å². The summed E-state index contributed by atoms with van der Waals surface area (Å²) in [5, 5.41) is 1.10. The van der Waals surface area contributed by atoms with Gasteiger partial charge in [-0.1, -0.05) is 36.4 Å². The van der Waals surface area contributed by atoms with Gasteiger partial charge in [-0.15, -0.1) is 0 Å². The van der Waals surface area contributed by atoms with E-state index in [0.29, 0.717) is 6.54 Å². The van der Waals surface area contributed by atoms with Crippen molar-refractivity contribution in [1.82, 2.24) is 9.47 Å². The first-order chi connectivity index (χ1) is 16.1. The molecule has 2 unspecified atom stereocenters. The molecule has 1 amide bonds. The van der Waals surface area contributed by atoms with Gasteiger partial charge in [0.1, 0.15) is 5.82 Å². The van der Waals surface area contributed by atoms with Crippen LogP contribution in [0.3, 0.4) is 0 Å². The second-order valence-electron chi connectivity index (χ2n) is 8.93. The lowest BCUT2D eigenvalue weighted by Crippen LogP contribution is -2.36. The molecule has 5 heteroatoms. The molecule has 3 heterocycles. The third-order valence-corrected chi connectivity index (χ3v) is 7.02. The van der Waals surface area contributed by atoms with Gasteiger partial charge in [0.2, 0.25) is 0 Å². The van der Waals surface area contributed by atoms with E-state index in [2.05, 4.69) is 22.8 Å². The standard InChI is InChI=1S/C28H25FN2O2/c1-30-24-11-5-4-10-23(24)25(26(30)18-12-14-19(29)15-13-18)27-21-8-2-3-9-22(21)28(32)31(27)17-20-7-6-16-33-20/h2-5,8-15,20,27H,6-7,16-17H2,1H3. The Labute approximate surface area is 192 Å². The highest BCUT2D eigenvalue weighted by Crippen LogP contribution is 2.46. The van der Waals surface area contributed by atoms with E-state index in [1.807, 2.05) is 54.4 Å². The number of carbonyl (C=O) groups is 1. The van der Waals surface area contributed by atoms with E-state index in [4.69, 9.17) is 4.74 Å². The molecule has 166 valence electrons. The summed E-state index contributed by atoms with van der Waals surface area (Å²) in [6.07, 6.45) is 2.04. The number of hydrogen-bond donors (Lipinski definition) is 0. The van der Waals surface area contributed by atoms with Crippen molar-refractivity contribution in [3.8, 4) is 11.3 Å². The highest BCUT2D eigenvalue weighted by molar-refractivity contribution is 6.02. The number of hydrogen-bond acceptors (Lipinski definition) is 2. The monoisotopic (exact) mass is 440 g/mol. The molecule has 6 rings (SSSR count). The number of halogens is 1. The van der Waals surface area contributed by atoms with Crippen LogP contribution < -0.4 is 0 Å². The van der Waals surface area contributed by atoms with Gasteiger partial charge in [-0.2, -0.15) is 0 Å². The Bertz CT molecular complexity index is 1350. The maximum atomic E-state index is 13.8. The molecule has 2 aliphatic rings. The lowest BCUT2D eigenvalue weighted by atomic mass is 9.93. The average Bonchev–Trinajstić information content (AvgIpc) is 3.52. The molecule has 1 aromatic heterocycles. The fourth-order valence-corrected chi connectivity index (χ4v) is 5.53. The Kier molecular flexibility index (Phi) is 4.80. The largest absolute Gasteiger partial charge is 0.376 e. The van der Waals surface area contributed by atoms with Gasteiger partial charge in [-0.25, -0.2) is 4.39 Å². The van der Waals surface area contributed by atoms with Crippen molar-refractivity contribution < 1.29 is 13.9 Å². The summed E-state index contributed by atoms with van der Waals surface area (Å²) < 4.78 is 21.9. The minimum Gasteiger partial charge on any atom is -0.376 e. The zero-order valence-corrected chi connectivity index (χ0v) is 18.5. The van der Waals surface area contributed by atoms with Crippen LogP contribution in [0.25, 0.3) is 22.2 Å². The van der Waals surface area contributed by atoms with Crippen molar-refractivity contribution in [2.24, 2.45) is 7.05 Å². The van der Waals surface area contributed by atoms with E-state index < -0.39 is 0 Å². The van der Waals surface area contributed by atoms with Crippen LogP contribution in [0.15, 0.2) is 72.8 Å². The number of benzene rings is 3. The van der Waals surface area contributed by atoms with E-state index in [9.17, 15) is 9.18 Å². The van der Waals surface area contributed by atoms with Crippen molar-refractivity contribution >= 4 is 16.8 Å². The fourth-order valence-electron chi connectivity index (χ4n) is 5.53. The van der Waals surface area contributed by atoms with Crippen LogP contribution in [0.1, 0.15) is 40.4 Å². The molecule has 0 aliphatic carbocycles. The van der Waals surface area contributed by atoms with E-state index in [-0.39, 0.29) is 23.9 Å². The van der Waals surface area contributed by atoms with E-state index in [1.54, 1.807) is 0 Å². The Balaban J connectivity index is 1.61. The molecule has 1 saturated heterocycles. The molecule has 1 fully saturated rings. The number of nitrogens with zero attached hydrogens (tertiary/aromatic N) is 2. The molecule has 33 heavy (non-hydrogen) atoms. The third kappa shape index (κ3) is 3.18. The molecular weight excluding hydrogens is 415 g/mol. The molecule has 0 radical (unpaired) electrons. The summed E-state index contributed by atoms with van der Waals surface area (Å²) in [5.41, 5.74) is 5.86. The fraction of sp³-hybridized carbons (Fsp3) is 0.250. The van der Waals surface area contributed by atoms with Crippen molar-refractivity contribution in [1.29, 1.82) is 0 Å². The number of amides is 1. The molecule has 0 spiro atoms. The van der Waals surface area contributed by atoms with Gasteiger partial charge < -0.3 is 14.2 Å². The lowest BCUT2D eigenvalue weighted by Gasteiger charge is -2.29. The number of aryl methyl sites for hydroxylation is 1. The number of carbonyl (C=O) groups excluding carboxylic acids is 1. The van der Waals surface area contributed by atoms with Gasteiger partial charge in [0.05, 0.1) is 17.8 Å². The Morgan fingerprint density at radius 2 is 1.76 bits per heavy atom. The van der Waals surface area contributed by atoms with Gasteiger partial charge in [-0.3, -0.25) is 4.79 Å². The highest BCUT2D eigenvalue weighted by atomic mass is 19.1. The molecule has 3 aromatic carbocycles. The van der Waals surface area contributed by atoms with Crippen LogP contribution >= 0.6 is 0 Å². The van der Waals surface area contributed by atoms with Crippen LogP contribution in [0.5, 0.6) is 0 Å². The average molecular weight is 441 g/mol. The minimum atomic E-state index is -0.263. The van der Waals surface area contributed by atoms with Crippen LogP contribution in [-0.4, -0.2) is 34.6 Å². The molecular formula is C28H25FN2O2. The summed E-state index contributed by atoms with van der Waals surface area (Å²) >= 11 is 0. The molecule has 2 atom stereocenters. The first kappa shape index (κ1) is 20.2. The summed E-state index contributed by atoms with van der Waals surface area (Å²) in [6.45, 7) is 1.31. The van der Waals surface area contributed by atoms with Crippen molar-refractivity contribution in [3.05, 3.63) is 95.3 Å². The van der Waals surface area contributed by atoms with Gasteiger partial charge >= 0.3 is 0 Å². The van der Waals surface area contributed by atoms with Gasteiger partial charge in [0.25, 0.3) is 5.91 Å². The lowest BCUT2D eigenvalue weighted by molar-refractivity contribution is 0.0501. The van der Waals surface area contributed by atoms with Crippen LogP contribution in [0.2, 0.25) is 0 Å². The molecule has 4 aromatic rings. The van der Waals surface area contributed by atoms with Gasteiger partial charge in [0, 0.05) is 42.2 Å². The molecule has 0 bridgehead atoms. The molecule has 0 N–H and O–H groups in total. The van der Waals surface area contributed by atoms with Gasteiger partial charge in [0.15, 0.2) is 0 Å². The third-order valence-electron chi connectivity index (χ3n) is 7.02. The van der Waals surface area contributed by atoms with E-state index in [1.165, 1.54) is 12.1 Å². The van der Waals surface area contributed by atoms with Crippen LogP contribution in [-0.2, 0) is 11.8 Å². The predicted molar refractivity (Wildman–Crippen MR) is 127 cm³/mol. The number of para-hydroxylation sites is 1. The molecule has 0 saturated carbocycles. The number of aromatic nitrogens is 1. The number of fused-ring (bicyclic) bond motifs is 2. The maximum Gasteiger partial charge on any atom is 0.255 e. The predicted octanol–water partition coefficient (Wildman–Crippen LogP) is 5.71. The smallest absolute Gasteiger partial charge is 0.255 e. The summed E-state index contributed by atoms with van der Waals surface area (Å²) in [5.74, 6) is -0.218. The first-order valence-electron chi connectivity index (χ1n) is 11.5. The maximum absolute atomic E-state index is 13.8. The Hall–Kier alpha value is -3.44. The Morgan fingerprint density at radius 3 is 2.55 bits per heavy atom. The van der Waals surface area contributed by atoms with Gasteiger partial charge in [-0.05, 0) is 60.4 Å². The summed E-state index contributed by atoms with van der Waals surface area (Å²) in [6, 6.07) is 22.6. The van der Waals surface area contributed by atoms with Crippen molar-refractivity contribution in [2.75, 3.05) is 13.2 Å². The number of ether oxygens (including phenoxy) is 1. The quantitative estimate of drug-likeness (QED) is 0.407. The normalized spacial score (nSPS) is 20.1. The first-order valence-corrected chi connectivity index (χ1v) is 11.5. The van der Waals surface area contributed by atoms with E-state index in [0.717, 1.165) is 58.3 Å².